The molecule has 0 fully saturated rings. The molecule has 0 spiro atoms. The molecule has 2 N–H and O–H groups in total. The number of hydrogen-bond donors (Lipinski definition) is 2. The number of carbonyl (C=O) groups excluding carboxylic acids is 1. The number of furan rings is 1. The van der Waals surface area contributed by atoms with Crippen molar-refractivity contribution in [2.24, 2.45) is 0 Å². The van der Waals surface area contributed by atoms with Crippen LogP contribution in [0.1, 0.15) is 16.2 Å². The number of benzene rings is 1. The highest BCUT2D eigenvalue weighted by Gasteiger charge is 2.10. The molecule has 2 heterocycles. The molecule has 3 rings (SSSR count). The Labute approximate surface area is 148 Å². The Morgan fingerprint density at radius 1 is 1.08 bits per heavy atom. The van der Waals surface area contributed by atoms with Crippen molar-refractivity contribution in [3.8, 4) is 0 Å². The summed E-state index contributed by atoms with van der Waals surface area (Å²) < 4.78 is 5.25. The average Bonchev–Trinajstić information content (AvgIpc) is 3.05. The summed E-state index contributed by atoms with van der Waals surface area (Å²) in [6, 6.07) is 11.9. The summed E-state index contributed by atoms with van der Waals surface area (Å²) >= 11 is 11.8. The van der Waals surface area contributed by atoms with E-state index in [0.29, 0.717) is 22.3 Å². The van der Waals surface area contributed by atoms with Crippen molar-refractivity contribution in [2.45, 2.75) is 6.54 Å². The van der Waals surface area contributed by atoms with Gasteiger partial charge in [0.15, 0.2) is 0 Å². The summed E-state index contributed by atoms with van der Waals surface area (Å²) in [6.45, 7) is 0.516. The highest BCUT2D eigenvalue weighted by atomic mass is 35.5. The first-order valence-electron chi connectivity index (χ1n) is 7.10. The molecular formula is C17H13Cl2N3O2. The van der Waals surface area contributed by atoms with Crippen molar-refractivity contribution >= 4 is 40.5 Å². The van der Waals surface area contributed by atoms with Gasteiger partial charge in [-0.15, -0.1) is 0 Å². The maximum atomic E-state index is 12.3. The van der Waals surface area contributed by atoms with E-state index < -0.39 is 0 Å². The molecule has 0 atom stereocenters. The van der Waals surface area contributed by atoms with Crippen LogP contribution in [0.15, 0.2) is 59.3 Å². The third-order valence-corrected chi connectivity index (χ3v) is 3.60. The van der Waals surface area contributed by atoms with Crippen LogP contribution < -0.4 is 10.6 Å². The second-order valence-corrected chi connectivity index (χ2v) is 5.85. The molecule has 0 unspecified atom stereocenters. The summed E-state index contributed by atoms with van der Waals surface area (Å²) in [5, 5.41) is 6.78. The molecule has 1 aromatic carbocycles. The predicted octanol–water partition coefficient (Wildman–Crippen LogP) is 4.85. The van der Waals surface area contributed by atoms with Gasteiger partial charge in [-0.2, -0.15) is 0 Å². The van der Waals surface area contributed by atoms with E-state index in [4.69, 9.17) is 27.6 Å². The van der Waals surface area contributed by atoms with Crippen molar-refractivity contribution in [1.29, 1.82) is 0 Å². The van der Waals surface area contributed by atoms with E-state index >= 15 is 0 Å². The van der Waals surface area contributed by atoms with Gasteiger partial charge in [-0.1, -0.05) is 23.2 Å². The summed E-state index contributed by atoms with van der Waals surface area (Å²) in [6.07, 6.45) is 3.17. The van der Waals surface area contributed by atoms with Gasteiger partial charge >= 0.3 is 0 Å². The number of nitrogens with zero attached hydrogens (tertiary/aromatic N) is 1. The Balaban J connectivity index is 1.69. The van der Waals surface area contributed by atoms with Gasteiger partial charge in [0.25, 0.3) is 5.91 Å². The molecule has 0 radical (unpaired) electrons. The molecule has 2 aromatic heterocycles. The first-order chi connectivity index (χ1) is 11.6. The van der Waals surface area contributed by atoms with Gasteiger partial charge in [0, 0.05) is 27.6 Å². The van der Waals surface area contributed by atoms with Gasteiger partial charge in [0.1, 0.15) is 11.5 Å². The van der Waals surface area contributed by atoms with E-state index in [9.17, 15) is 4.79 Å². The Hall–Kier alpha value is -2.50. The number of anilines is 2. The van der Waals surface area contributed by atoms with Crippen molar-refractivity contribution in [3.63, 3.8) is 0 Å². The summed E-state index contributed by atoms with van der Waals surface area (Å²) in [4.78, 5) is 16.4. The van der Waals surface area contributed by atoms with Crippen LogP contribution >= 0.6 is 23.2 Å². The van der Waals surface area contributed by atoms with Crippen molar-refractivity contribution in [3.05, 3.63) is 76.4 Å². The minimum absolute atomic E-state index is 0.274. The molecule has 122 valence electrons. The fraction of sp³-hybridized carbons (Fsp3) is 0.0588. The smallest absolute Gasteiger partial charge is 0.274 e. The van der Waals surface area contributed by atoms with Crippen LogP contribution in [-0.4, -0.2) is 10.9 Å². The van der Waals surface area contributed by atoms with Crippen molar-refractivity contribution in [1.82, 2.24) is 4.98 Å². The average molecular weight is 362 g/mol. The second-order valence-electron chi connectivity index (χ2n) is 4.97. The fourth-order valence-corrected chi connectivity index (χ4v) is 2.61. The van der Waals surface area contributed by atoms with Crippen LogP contribution in [0.4, 0.5) is 11.4 Å². The lowest BCUT2D eigenvalue weighted by Crippen LogP contribution is -2.14. The molecule has 1 amide bonds. The van der Waals surface area contributed by atoms with Crippen LogP contribution in [0.3, 0.4) is 0 Å². The minimum atomic E-state index is -0.352. The molecule has 0 aliphatic heterocycles. The summed E-state index contributed by atoms with van der Waals surface area (Å²) in [5.74, 6) is 0.446. The van der Waals surface area contributed by atoms with Crippen molar-refractivity contribution in [2.75, 3.05) is 10.6 Å². The van der Waals surface area contributed by atoms with Crippen LogP contribution in [0.5, 0.6) is 0 Å². The largest absolute Gasteiger partial charge is 0.467 e. The van der Waals surface area contributed by atoms with E-state index in [0.717, 1.165) is 11.4 Å². The quantitative estimate of drug-likeness (QED) is 0.681. The maximum Gasteiger partial charge on any atom is 0.274 e. The Kier molecular flexibility index (Phi) is 5.03. The number of hydrogen-bond acceptors (Lipinski definition) is 4. The van der Waals surface area contributed by atoms with E-state index in [-0.39, 0.29) is 11.6 Å². The van der Waals surface area contributed by atoms with E-state index in [1.165, 1.54) is 0 Å². The lowest BCUT2D eigenvalue weighted by molar-refractivity contribution is 0.102. The zero-order valence-corrected chi connectivity index (χ0v) is 13.9. The number of halogens is 2. The second kappa shape index (κ2) is 7.38. The fourth-order valence-electron chi connectivity index (χ4n) is 2.09. The van der Waals surface area contributed by atoms with Crippen LogP contribution in [0.2, 0.25) is 10.0 Å². The highest BCUT2D eigenvalue weighted by molar-refractivity contribution is 6.35. The van der Waals surface area contributed by atoms with Gasteiger partial charge in [-0.25, -0.2) is 0 Å². The maximum absolute atomic E-state index is 12.3. The van der Waals surface area contributed by atoms with Crippen LogP contribution in [0.25, 0.3) is 0 Å². The van der Waals surface area contributed by atoms with Crippen LogP contribution in [-0.2, 0) is 6.54 Å². The van der Waals surface area contributed by atoms with Crippen molar-refractivity contribution < 1.29 is 9.21 Å². The summed E-state index contributed by atoms with van der Waals surface area (Å²) in [7, 11) is 0. The normalized spacial score (nSPS) is 10.4. The molecule has 0 bridgehead atoms. The first-order valence-corrected chi connectivity index (χ1v) is 7.85. The van der Waals surface area contributed by atoms with E-state index in [1.807, 2.05) is 12.1 Å². The monoisotopic (exact) mass is 361 g/mol. The SMILES string of the molecule is O=C(Nc1cc(Cl)cc(Cl)c1)c1cc(NCc2ccco2)ccn1. The number of rotatable bonds is 5. The molecule has 3 aromatic rings. The number of amides is 1. The molecule has 7 heteroatoms. The van der Waals surface area contributed by atoms with E-state index in [1.54, 1.807) is 42.8 Å². The first kappa shape index (κ1) is 16.4. The van der Waals surface area contributed by atoms with Gasteiger partial charge < -0.3 is 15.1 Å². The topological polar surface area (TPSA) is 67.2 Å². The van der Waals surface area contributed by atoms with Gasteiger partial charge in [0.05, 0.1) is 12.8 Å². The molecule has 5 nitrogen and oxygen atoms in total. The number of carbonyl (C=O) groups is 1. The lowest BCUT2D eigenvalue weighted by Gasteiger charge is -2.08. The Morgan fingerprint density at radius 2 is 1.88 bits per heavy atom. The van der Waals surface area contributed by atoms with Crippen LogP contribution in [0, 0.1) is 0 Å². The minimum Gasteiger partial charge on any atom is -0.467 e. The molecule has 0 saturated carbocycles. The Bertz CT molecular complexity index is 831. The third-order valence-electron chi connectivity index (χ3n) is 3.16. The number of aromatic nitrogens is 1. The van der Waals surface area contributed by atoms with Gasteiger partial charge in [-0.05, 0) is 42.5 Å². The zero-order valence-electron chi connectivity index (χ0n) is 12.4. The third kappa shape index (κ3) is 4.28. The molecular weight excluding hydrogens is 349 g/mol. The number of pyridine rings is 1. The Morgan fingerprint density at radius 3 is 2.58 bits per heavy atom. The van der Waals surface area contributed by atoms with Gasteiger partial charge in [0.2, 0.25) is 0 Å². The molecule has 0 aliphatic carbocycles. The lowest BCUT2D eigenvalue weighted by atomic mass is 10.2. The molecule has 24 heavy (non-hydrogen) atoms. The predicted molar refractivity (Wildman–Crippen MR) is 94.7 cm³/mol. The standard InChI is InChI=1S/C17H13Cl2N3O2/c18-11-6-12(19)8-14(7-11)22-17(23)16-9-13(3-4-20-16)21-10-15-2-1-5-24-15/h1-9H,10H2,(H,20,21)(H,22,23). The molecule has 0 aliphatic rings. The zero-order chi connectivity index (χ0) is 16.9. The van der Waals surface area contributed by atoms with E-state index in [2.05, 4.69) is 15.6 Å². The summed E-state index contributed by atoms with van der Waals surface area (Å²) in [5.41, 5.74) is 1.54. The highest BCUT2D eigenvalue weighted by Crippen LogP contribution is 2.23. The van der Waals surface area contributed by atoms with Gasteiger partial charge in [-0.3, -0.25) is 9.78 Å². The number of nitrogens with one attached hydrogen (secondary N) is 2. The molecule has 0 saturated heterocycles.